The van der Waals surface area contributed by atoms with Gasteiger partial charge in [-0.05, 0) is 31.4 Å². The zero-order valence-electron chi connectivity index (χ0n) is 18.4. The third-order valence-electron chi connectivity index (χ3n) is 4.83. The van der Waals surface area contributed by atoms with Crippen LogP contribution in [0.15, 0.2) is 34.2 Å². The zero-order chi connectivity index (χ0) is 21.2. The van der Waals surface area contributed by atoms with E-state index < -0.39 is 0 Å². The summed E-state index contributed by atoms with van der Waals surface area (Å²) in [6, 6.07) is 8.37. The van der Waals surface area contributed by atoms with Crippen LogP contribution in [-0.4, -0.2) is 61.9 Å². The highest BCUT2D eigenvalue weighted by atomic mass is 32.2. The van der Waals surface area contributed by atoms with E-state index in [1.54, 1.807) is 18.9 Å². The molecule has 0 aromatic heterocycles. The van der Waals surface area contributed by atoms with Gasteiger partial charge in [-0.2, -0.15) is 0 Å². The molecule has 1 amide bonds. The molecule has 0 bridgehead atoms. The molecule has 1 aliphatic heterocycles. The Bertz CT molecular complexity index is 681. The molecule has 1 aromatic rings. The fourth-order valence-electron chi connectivity index (χ4n) is 3.23. The number of nitrogens with zero attached hydrogens (tertiary/aromatic N) is 2. The lowest BCUT2D eigenvalue weighted by Crippen LogP contribution is -2.45. The molecule has 1 saturated heterocycles. The van der Waals surface area contributed by atoms with Crippen molar-refractivity contribution in [2.24, 2.45) is 16.8 Å². The van der Waals surface area contributed by atoms with E-state index in [4.69, 9.17) is 9.73 Å². The molecule has 162 valence electrons. The summed E-state index contributed by atoms with van der Waals surface area (Å²) < 4.78 is 5.43. The van der Waals surface area contributed by atoms with Crippen molar-refractivity contribution < 1.29 is 9.53 Å². The standard InChI is InChI=1S/C22H36N4O2S/c1-6-23-22(25-18-11-12-26(14-18)21(27)16(2)3)24-13-17(4)15-29-20-10-8-7-9-19(20)28-5/h7-10,16-18H,6,11-15H2,1-5H3,(H2,23,24,25). The second kappa shape index (κ2) is 12.0. The molecule has 7 heteroatoms. The normalized spacial score (nSPS) is 18.1. The largest absolute Gasteiger partial charge is 0.496 e. The Kier molecular flexibility index (Phi) is 9.64. The molecule has 2 atom stereocenters. The summed E-state index contributed by atoms with van der Waals surface area (Å²) in [6.07, 6.45) is 0.960. The van der Waals surface area contributed by atoms with Gasteiger partial charge in [0.1, 0.15) is 5.75 Å². The molecule has 0 radical (unpaired) electrons. The molecule has 2 rings (SSSR count). The average molecular weight is 421 g/mol. The van der Waals surface area contributed by atoms with Gasteiger partial charge >= 0.3 is 0 Å². The van der Waals surface area contributed by atoms with Gasteiger partial charge in [0.15, 0.2) is 5.96 Å². The fraction of sp³-hybridized carbons (Fsp3) is 0.636. The lowest BCUT2D eigenvalue weighted by Gasteiger charge is -2.20. The molecule has 0 aliphatic carbocycles. The van der Waals surface area contributed by atoms with Crippen molar-refractivity contribution in [3.63, 3.8) is 0 Å². The van der Waals surface area contributed by atoms with Gasteiger partial charge in [0.2, 0.25) is 5.91 Å². The third kappa shape index (κ3) is 7.46. The average Bonchev–Trinajstić information content (AvgIpc) is 3.18. The number of rotatable bonds is 9. The number of amides is 1. The van der Waals surface area contributed by atoms with E-state index in [0.717, 1.165) is 55.0 Å². The maximum Gasteiger partial charge on any atom is 0.225 e. The molecule has 2 N–H and O–H groups in total. The van der Waals surface area contributed by atoms with Crippen molar-refractivity contribution in [3.05, 3.63) is 24.3 Å². The summed E-state index contributed by atoms with van der Waals surface area (Å²) in [5.41, 5.74) is 0. The summed E-state index contributed by atoms with van der Waals surface area (Å²) in [4.78, 5) is 20.1. The first-order valence-electron chi connectivity index (χ1n) is 10.5. The maximum atomic E-state index is 12.2. The van der Waals surface area contributed by atoms with Gasteiger partial charge in [-0.3, -0.25) is 9.79 Å². The Morgan fingerprint density at radius 2 is 2.10 bits per heavy atom. The highest BCUT2D eigenvalue weighted by Crippen LogP contribution is 2.30. The third-order valence-corrected chi connectivity index (χ3v) is 6.22. The first-order valence-corrected chi connectivity index (χ1v) is 11.5. The number of likely N-dealkylation sites (tertiary alicyclic amines) is 1. The van der Waals surface area contributed by atoms with Crippen molar-refractivity contribution in [2.75, 3.05) is 39.0 Å². The van der Waals surface area contributed by atoms with E-state index in [-0.39, 0.29) is 17.9 Å². The molecular weight excluding hydrogens is 384 g/mol. The van der Waals surface area contributed by atoms with Crippen molar-refractivity contribution >= 4 is 23.6 Å². The summed E-state index contributed by atoms with van der Waals surface area (Å²) in [5.74, 6) is 3.46. The van der Waals surface area contributed by atoms with E-state index in [1.807, 2.05) is 36.9 Å². The van der Waals surface area contributed by atoms with Crippen LogP contribution < -0.4 is 15.4 Å². The molecule has 0 saturated carbocycles. The second-order valence-electron chi connectivity index (χ2n) is 7.86. The summed E-state index contributed by atoms with van der Waals surface area (Å²) in [6.45, 7) is 11.3. The van der Waals surface area contributed by atoms with Crippen LogP contribution in [0.2, 0.25) is 0 Å². The number of para-hydroxylation sites is 1. The Hall–Kier alpha value is -1.89. The van der Waals surface area contributed by atoms with Crippen LogP contribution in [-0.2, 0) is 4.79 Å². The van der Waals surface area contributed by atoms with Crippen LogP contribution in [0.3, 0.4) is 0 Å². The minimum absolute atomic E-state index is 0.0530. The molecule has 0 spiro atoms. The van der Waals surface area contributed by atoms with Crippen molar-refractivity contribution in [1.29, 1.82) is 0 Å². The van der Waals surface area contributed by atoms with Crippen molar-refractivity contribution in [2.45, 2.75) is 45.1 Å². The molecule has 6 nitrogen and oxygen atoms in total. The number of methoxy groups -OCH3 is 1. The predicted octanol–water partition coefficient (Wildman–Crippen LogP) is 3.24. The topological polar surface area (TPSA) is 66.0 Å². The number of aliphatic imine (C=N–C) groups is 1. The van der Waals surface area contributed by atoms with Gasteiger partial charge in [0, 0.05) is 48.8 Å². The van der Waals surface area contributed by atoms with Gasteiger partial charge in [-0.1, -0.05) is 32.9 Å². The van der Waals surface area contributed by atoms with Gasteiger partial charge in [0.25, 0.3) is 0 Å². The summed E-state index contributed by atoms with van der Waals surface area (Å²) in [5, 5.41) is 6.84. The zero-order valence-corrected chi connectivity index (χ0v) is 19.2. The lowest BCUT2D eigenvalue weighted by molar-refractivity contribution is -0.133. The number of hydrogen-bond acceptors (Lipinski definition) is 4. The van der Waals surface area contributed by atoms with Crippen molar-refractivity contribution in [1.82, 2.24) is 15.5 Å². The minimum Gasteiger partial charge on any atom is -0.496 e. The maximum absolute atomic E-state index is 12.2. The number of hydrogen-bond donors (Lipinski definition) is 2. The van der Waals surface area contributed by atoms with E-state index in [9.17, 15) is 4.79 Å². The van der Waals surface area contributed by atoms with E-state index in [1.165, 1.54) is 0 Å². The Balaban J connectivity index is 1.84. The summed E-state index contributed by atoms with van der Waals surface area (Å²) >= 11 is 1.80. The molecule has 1 fully saturated rings. The minimum atomic E-state index is 0.0530. The van der Waals surface area contributed by atoms with Crippen LogP contribution in [0.1, 0.15) is 34.1 Å². The van der Waals surface area contributed by atoms with Gasteiger partial charge in [-0.15, -0.1) is 11.8 Å². The van der Waals surface area contributed by atoms with E-state index in [0.29, 0.717) is 5.92 Å². The number of carbonyl (C=O) groups excluding carboxylic acids is 1. The Labute approximate surface area is 179 Å². The van der Waals surface area contributed by atoms with Crippen LogP contribution in [0.4, 0.5) is 0 Å². The predicted molar refractivity (Wildman–Crippen MR) is 122 cm³/mol. The van der Waals surface area contributed by atoms with Gasteiger partial charge in [-0.25, -0.2) is 0 Å². The van der Waals surface area contributed by atoms with Crippen LogP contribution in [0.5, 0.6) is 5.75 Å². The molecule has 1 aromatic carbocycles. The summed E-state index contributed by atoms with van der Waals surface area (Å²) in [7, 11) is 1.71. The molecule has 2 unspecified atom stereocenters. The fourth-order valence-corrected chi connectivity index (χ4v) is 4.26. The number of nitrogens with one attached hydrogen (secondary N) is 2. The monoisotopic (exact) mass is 420 g/mol. The molecule has 29 heavy (non-hydrogen) atoms. The van der Waals surface area contributed by atoms with Crippen molar-refractivity contribution in [3.8, 4) is 5.75 Å². The number of thioether (sulfide) groups is 1. The SMILES string of the molecule is CCNC(=NCC(C)CSc1ccccc1OC)NC1CCN(C(=O)C(C)C)C1. The van der Waals surface area contributed by atoms with Gasteiger partial charge in [0.05, 0.1) is 7.11 Å². The van der Waals surface area contributed by atoms with Crippen LogP contribution in [0.25, 0.3) is 0 Å². The first kappa shape index (κ1) is 23.4. The lowest BCUT2D eigenvalue weighted by atomic mass is 10.2. The van der Waals surface area contributed by atoms with E-state index in [2.05, 4.69) is 30.5 Å². The second-order valence-corrected chi connectivity index (χ2v) is 8.92. The number of ether oxygens (including phenoxy) is 1. The van der Waals surface area contributed by atoms with Gasteiger partial charge < -0.3 is 20.3 Å². The van der Waals surface area contributed by atoms with E-state index >= 15 is 0 Å². The molecular formula is C22H36N4O2S. The van der Waals surface area contributed by atoms with Crippen LogP contribution >= 0.6 is 11.8 Å². The molecule has 1 heterocycles. The number of carbonyl (C=O) groups is 1. The Morgan fingerprint density at radius 3 is 2.79 bits per heavy atom. The quantitative estimate of drug-likeness (QED) is 0.365. The highest BCUT2D eigenvalue weighted by Gasteiger charge is 2.27. The number of guanidine groups is 1. The number of benzene rings is 1. The first-order chi connectivity index (χ1) is 13.9. The smallest absolute Gasteiger partial charge is 0.225 e. The van der Waals surface area contributed by atoms with Crippen LogP contribution in [0, 0.1) is 11.8 Å². The Morgan fingerprint density at radius 1 is 1.34 bits per heavy atom. The molecule has 1 aliphatic rings. The highest BCUT2D eigenvalue weighted by molar-refractivity contribution is 7.99.